The van der Waals surface area contributed by atoms with Gasteiger partial charge in [0.15, 0.2) is 0 Å². The van der Waals surface area contributed by atoms with E-state index in [0.29, 0.717) is 12.4 Å². The number of carboxylic acids is 1. The van der Waals surface area contributed by atoms with Gasteiger partial charge in [-0.15, -0.1) is 0 Å². The molecule has 0 fully saturated rings. The fourth-order valence-electron chi connectivity index (χ4n) is 0.970. The molecule has 0 unspecified atom stereocenters. The summed E-state index contributed by atoms with van der Waals surface area (Å²) in [5.41, 5.74) is 2.52. The monoisotopic (exact) mass is 352 g/mol. The van der Waals surface area contributed by atoms with Crippen molar-refractivity contribution in [3.05, 3.63) is 38.4 Å². The van der Waals surface area contributed by atoms with E-state index in [2.05, 4.69) is 22.6 Å². The standard InChI is InChI=1S/C11H10ClIO3/c1-7(5-12)6-16-10-4-8(11(14)15)2-3-9(10)13/h2-5H,6H2,1H3,(H,14,15)/b7-5-. The minimum absolute atomic E-state index is 0.211. The highest BCUT2D eigenvalue weighted by molar-refractivity contribution is 14.1. The van der Waals surface area contributed by atoms with E-state index in [1.807, 2.05) is 6.92 Å². The third kappa shape index (κ3) is 3.68. The van der Waals surface area contributed by atoms with Crippen LogP contribution in [-0.4, -0.2) is 17.7 Å². The van der Waals surface area contributed by atoms with Crippen LogP contribution in [0.15, 0.2) is 29.3 Å². The Morgan fingerprint density at radius 1 is 1.62 bits per heavy atom. The van der Waals surface area contributed by atoms with Crippen molar-refractivity contribution in [2.24, 2.45) is 0 Å². The first-order chi connectivity index (χ1) is 7.54. The van der Waals surface area contributed by atoms with Gasteiger partial charge in [-0.1, -0.05) is 11.6 Å². The van der Waals surface area contributed by atoms with Gasteiger partial charge in [0.1, 0.15) is 12.4 Å². The Morgan fingerprint density at radius 2 is 2.31 bits per heavy atom. The average Bonchev–Trinajstić information content (AvgIpc) is 2.27. The number of benzene rings is 1. The Morgan fingerprint density at radius 3 is 2.88 bits per heavy atom. The summed E-state index contributed by atoms with van der Waals surface area (Å²) in [5, 5.41) is 8.83. The van der Waals surface area contributed by atoms with Gasteiger partial charge in [0.2, 0.25) is 0 Å². The van der Waals surface area contributed by atoms with Crippen molar-refractivity contribution < 1.29 is 14.6 Å². The van der Waals surface area contributed by atoms with Crippen molar-refractivity contribution in [3.63, 3.8) is 0 Å². The molecule has 0 saturated carbocycles. The summed E-state index contributed by atoms with van der Waals surface area (Å²) < 4.78 is 6.32. The molecule has 1 aromatic carbocycles. The van der Waals surface area contributed by atoms with Crippen molar-refractivity contribution in [1.29, 1.82) is 0 Å². The van der Waals surface area contributed by atoms with Crippen LogP contribution in [0.5, 0.6) is 5.75 Å². The third-order valence-electron chi connectivity index (χ3n) is 1.82. The SMILES string of the molecule is C/C(=C/Cl)COc1cc(C(=O)O)ccc1I. The fourth-order valence-corrected chi connectivity index (χ4v) is 1.52. The molecule has 0 radical (unpaired) electrons. The molecule has 0 bridgehead atoms. The zero-order valence-corrected chi connectivity index (χ0v) is 11.4. The summed E-state index contributed by atoms with van der Waals surface area (Å²) >= 11 is 7.59. The number of rotatable bonds is 4. The van der Waals surface area contributed by atoms with Crippen molar-refractivity contribution in [2.75, 3.05) is 6.61 Å². The van der Waals surface area contributed by atoms with Crippen molar-refractivity contribution in [1.82, 2.24) is 0 Å². The molecule has 0 aliphatic rings. The number of ether oxygens (including phenoxy) is 1. The maximum absolute atomic E-state index is 10.8. The number of halogens is 2. The lowest BCUT2D eigenvalue weighted by Crippen LogP contribution is -2.02. The number of aromatic carboxylic acids is 1. The molecule has 0 atom stereocenters. The lowest BCUT2D eigenvalue weighted by Gasteiger charge is -2.08. The van der Waals surface area contributed by atoms with Gasteiger partial charge < -0.3 is 9.84 Å². The van der Waals surface area contributed by atoms with E-state index in [0.717, 1.165) is 9.14 Å². The van der Waals surface area contributed by atoms with Crippen LogP contribution in [0.2, 0.25) is 0 Å². The number of carbonyl (C=O) groups is 1. The average molecular weight is 353 g/mol. The Labute approximate surface area is 112 Å². The fraction of sp³-hybridized carbons (Fsp3) is 0.182. The summed E-state index contributed by atoms with van der Waals surface area (Å²) in [5.74, 6) is -0.413. The van der Waals surface area contributed by atoms with Gasteiger partial charge in [-0.05, 0) is 53.3 Å². The van der Waals surface area contributed by atoms with Crippen molar-refractivity contribution in [2.45, 2.75) is 6.92 Å². The second-order valence-corrected chi connectivity index (χ2v) is 4.57. The molecule has 0 aliphatic carbocycles. The zero-order chi connectivity index (χ0) is 12.1. The van der Waals surface area contributed by atoms with E-state index in [-0.39, 0.29) is 5.56 Å². The van der Waals surface area contributed by atoms with Crippen LogP contribution in [0.25, 0.3) is 0 Å². The Kier molecular flexibility index (Phi) is 5.08. The van der Waals surface area contributed by atoms with E-state index in [9.17, 15) is 4.79 Å². The first kappa shape index (κ1) is 13.3. The lowest BCUT2D eigenvalue weighted by atomic mass is 10.2. The van der Waals surface area contributed by atoms with E-state index >= 15 is 0 Å². The summed E-state index contributed by atoms with van der Waals surface area (Å²) in [6.07, 6.45) is 0. The molecule has 0 aliphatic heterocycles. The second kappa shape index (κ2) is 6.10. The van der Waals surface area contributed by atoms with Crippen LogP contribution in [0, 0.1) is 3.57 Å². The normalized spacial score (nSPS) is 11.3. The van der Waals surface area contributed by atoms with Gasteiger partial charge in [0.25, 0.3) is 0 Å². The Hall–Kier alpha value is -0.750. The van der Waals surface area contributed by atoms with E-state index in [1.54, 1.807) is 12.1 Å². The van der Waals surface area contributed by atoms with Gasteiger partial charge >= 0.3 is 5.97 Å². The molecule has 5 heteroatoms. The topological polar surface area (TPSA) is 46.5 Å². The maximum Gasteiger partial charge on any atom is 0.335 e. The second-order valence-electron chi connectivity index (χ2n) is 3.19. The highest BCUT2D eigenvalue weighted by atomic mass is 127. The number of hydrogen-bond acceptors (Lipinski definition) is 2. The summed E-state index contributed by atoms with van der Waals surface area (Å²) in [7, 11) is 0. The molecule has 86 valence electrons. The van der Waals surface area contributed by atoms with Crippen LogP contribution in [-0.2, 0) is 0 Å². The largest absolute Gasteiger partial charge is 0.488 e. The number of hydrogen-bond donors (Lipinski definition) is 1. The molecular formula is C11H10ClIO3. The third-order valence-corrected chi connectivity index (χ3v) is 3.08. The predicted molar refractivity (Wildman–Crippen MR) is 71.2 cm³/mol. The van der Waals surface area contributed by atoms with Crippen LogP contribution in [0.4, 0.5) is 0 Å². The minimum atomic E-state index is -0.967. The highest BCUT2D eigenvalue weighted by Crippen LogP contribution is 2.23. The maximum atomic E-state index is 10.8. The number of carboxylic acid groups (broad SMARTS) is 1. The van der Waals surface area contributed by atoms with Gasteiger partial charge in [-0.25, -0.2) is 4.79 Å². The Balaban J connectivity index is 2.86. The molecule has 0 amide bonds. The molecular weight excluding hydrogens is 342 g/mol. The van der Waals surface area contributed by atoms with Crippen molar-refractivity contribution in [3.8, 4) is 5.75 Å². The molecule has 0 heterocycles. The quantitative estimate of drug-likeness (QED) is 0.844. The van der Waals surface area contributed by atoms with Crippen molar-refractivity contribution >= 4 is 40.2 Å². The predicted octanol–water partition coefficient (Wildman–Crippen LogP) is 3.51. The molecule has 0 spiro atoms. The summed E-state index contributed by atoms with van der Waals surface area (Å²) in [4.78, 5) is 10.8. The van der Waals surface area contributed by atoms with Gasteiger partial charge in [0.05, 0.1) is 9.13 Å². The summed E-state index contributed by atoms with van der Waals surface area (Å²) in [6.45, 7) is 2.18. The minimum Gasteiger partial charge on any atom is -0.488 e. The molecule has 0 saturated heterocycles. The van der Waals surface area contributed by atoms with E-state index in [1.165, 1.54) is 11.6 Å². The van der Waals surface area contributed by atoms with Crippen LogP contribution < -0.4 is 4.74 Å². The molecule has 1 rings (SSSR count). The van der Waals surface area contributed by atoms with Crippen LogP contribution in [0.3, 0.4) is 0 Å². The van der Waals surface area contributed by atoms with Gasteiger partial charge in [-0.2, -0.15) is 0 Å². The first-order valence-corrected chi connectivity index (χ1v) is 5.97. The van der Waals surface area contributed by atoms with Crippen LogP contribution >= 0.6 is 34.2 Å². The van der Waals surface area contributed by atoms with Gasteiger partial charge in [0, 0.05) is 5.54 Å². The zero-order valence-electron chi connectivity index (χ0n) is 8.54. The smallest absolute Gasteiger partial charge is 0.335 e. The molecule has 1 N–H and O–H groups in total. The Bertz CT molecular complexity index is 429. The highest BCUT2D eigenvalue weighted by Gasteiger charge is 2.07. The molecule has 0 aromatic heterocycles. The first-order valence-electron chi connectivity index (χ1n) is 4.46. The molecule has 1 aromatic rings. The van der Waals surface area contributed by atoms with Gasteiger partial charge in [-0.3, -0.25) is 0 Å². The lowest BCUT2D eigenvalue weighted by molar-refractivity contribution is 0.0696. The van der Waals surface area contributed by atoms with E-state index in [4.69, 9.17) is 21.4 Å². The molecule has 16 heavy (non-hydrogen) atoms. The summed E-state index contributed by atoms with van der Waals surface area (Å²) in [6, 6.07) is 4.76. The van der Waals surface area contributed by atoms with Crippen LogP contribution in [0.1, 0.15) is 17.3 Å². The van der Waals surface area contributed by atoms with E-state index < -0.39 is 5.97 Å². The molecule has 3 nitrogen and oxygen atoms in total.